The van der Waals surface area contributed by atoms with Crippen LogP contribution in [-0.2, 0) is 6.18 Å². The average Bonchev–Trinajstić information content (AvgIpc) is 3.11. The molecule has 29 heavy (non-hydrogen) atoms. The van der Waals surface area contributed by atoms with Crippen molar-refractivity contribution in [3.8, 4) is 11.3 Å². The minimum absolute atomic E-state index is 0.00384. The van der Waals surface area contributed by atoms with E-state index in [2.05, 4.69) is 20.4 Å². The molecule has 1 aromatic carbocycles. The van der Waals surface area contributed by atoms with Gasteiger partial charge in [-0.25, -0.2) is 9.50 Å². The van der Waals surface area contributed by atoms with Crippen molar-refractivity contribution in [2.24, 2.45) is 0 Å². The van der Waals surface area contributed by atoms with Crippen molar-refractivity contribution < 1.29 is 18.0 Å². The van der Waals surface area contributed by atoms with Gasteiger partial charge in [-0.3, -0.25) is 9.78 Å². The predicted octanol–water partition coefficient (Wildman–Crippen LogP) is 4.72. The Balaban J connectivity index is 1.66. The molecule has 4 rings (SSSR count). The van der Waals surface area contributed by atoms with E-state index in [1.807, 2.05) is 6.07 Å². The summed E-state index contributed by atoms with van der Waals surface area (Å²) in [6.45, 7) is 0. The van der Waals surface area contributed by atoms with Gasteiger partial charge in [-0.1, -0.05) is 23.7 Å². The summed E-state index contributed by atoms with van der Waals surface area (Å²) in [6, 6.07) is 12.1. The van der Waals surface area contributed by atoms with Crippen molar-refractivity contribution in [2.75, 3.05) is 5.32 Å². The van der Waals surface area contributed by atoms with Crippen LogP contribution in [0.15, 0.2) is 60.9 Å². The smallest absolute Gasteiger partial charge is 0.320 e. The molecule has 0 bridgehead atoms. The Labute approximate surface area is 167 Å². The second-order valence-corrected chi connectivity index (χ2v) is 6.46. The van der Waals surface area contributed by atoms with Crippen LogP contribution in [0.3, 0.4) is 0 Å². The Kier molecular flexibility index (Phi) is 4.67. The van der Waals surface area contributed by atoms with E-state index in [1.165, 1.54) is 16.6 Å². The molecule has 1 amide bonds. The minimum atomic E-state index is -4.61. The van der Waals surface area contributed by atoms with E-state index in [1.54, 1.807) is 30.5 Å². The van der Waals surface area contributed by atoms with Crippen LogP contribution >= 0.6 is 11.6 Å². The van der Waals surface area contributed by atoms with Crippen LogP contribution in [0.4, 0.5) is 18.9 Å². The summed E-state index contributed by atoms with van der Waals surface area (Å²) in [5.41, 5.74) is 0.722. The number of hydrogen-bond donors (Lipinski definition) is 1. The zero-order valence-corrected chi connectivity index (χ0v) is 15.2. The Morgan fingerprint density at radius 3 is 2.66 bits per heavy atom. The van der Waals surface area contributed by atoms with Crippen LogP contribution in [0.2, 0.25) is 5.02 Å². The summed E-state index contributed by atoms with van der Waals surface area (Å²) in [5.74, 6) is -0.669. The van der Waals surface area contributed by atoms with E-state index in [0.717, 1.165) is 17.8 Å². The SMILES string of the molecule is O=C(Nc1ccnc(C(F)(F)F)c1)c1ccc2ncc(-c3cccc(Cl)c3)n2n1. The zero-order valence-electron chi connectivity index (χ0n) is 14.5. The number of nitrogens with zero attached hydrogens (tertiary/aromatic N) is 4. The number of aromatic nitrogens is 4. The number of alkyl halides is 3. The van der Waals surface area contributed by atoms with Gasteiger partial charge in [0.25, 0.3) is 5.91 Å². The molecule has 0 aliphatic rings. The van der Waals surface area contributed by atoms with Gasteiger partial charge in [0.1, 0.15) is 11.4 Å². The maximum Gasteiger partial charge on any atom is 0.433 e. The molecule has 0 saturated heterocycles. The summed E-state index contributed by atoms with van der Waals surface area (Å²) >= 11 is 6.03. The molecule has 6 nitrogen and oxygen atoms in total. The molecule has 0 aliphatic heterocycles. The van der Waals surface area contributed by atoms with E-state index in [-0.39, 0.29) is 11.4 Å². The molecule has 3 aromatic heterocycles. The summed E-state index contributed by atoms with van der Waals surface area (Å²) in [7, 11) is 0. The van der Waals surface area contributed by atoms with Crippen LogP contribution in [0, 0.1) is 0 Å². The monoisotopic (exact) mass is 417 g/mol. The lowest BCUT2D eigenvalue weighted by Gasteiger charge is -2.09. The summed E-state index contributed by atoms with van der Waals surface area (Å²) in [5, 5.41) is 7.20. The molecule has 0 unspecified atom stereocenters. The molecule has 4 aromatic rings. The van der Waals surface area contributed by atoms with E-state index < -0.39 is 17.8 Å². The van der Waals surface area contributed by atoms with Crippen molar-refractivity contribution in [2.45, 2.75) is 6.18 Å². The van der Waals surface area contributed by atoms with Crippen LogP contribution < -0.4 is 5.32 Å². The molecule has 0 spiro atoms. The average molecular weight is 418 g/mol. The molecule has 0 fully saturated rings. The number of hydrogen-bond acceptors (Lipinski definition) is 4. The number of benzene rings is 1. The van der Waals surface area contributed by atoms with Gasteiger partial charge in [0, 0.05) is 22.5 Å². The topological polar surface area (TPSA) is 72.2 Å². The van der Waals surface area contributed by atoms with E-state index in [9.17, 15) is 18.0 Å². The van der Waals surface area contributed by atoms with Gasteiger partial charge in [0.05, 0.1) is 11.9 Å². The van der Waals surface area contributed by atoms with Gasteiger partial charge >= 0.3 is 6.18 Å². The number of imidazole rings is 1. The molecule has 0 aliphatic carbocycles. The molecule has 3 heterocycles. The van der Waals surface area contributed by atoms with Gasteiger partial charge in [-0.2, -0.15) is 18.3 Å². The Bertz CT molecular complexity index is 1220. The summed E-state index contributed by atoms with van der Waals surface area (Å²) < 4.78 is 39.8. The van der Waals surface area contributed by atoms with Crippen molar-refractivity contribution in [1.29, 1.82) is 0 Å². The normalized spacial score (nSPS) is 11.6. The fourth-order valence-electron chi connectivity index (χ4n) is 2.70. The number of nitrogens with one attached hydrogen (secondary N) is 1. The van der Waals surface area contributed by atoms with Crippen LogP contribution in [0.1, 0.15) is 16.2 Å². The standard InChI is InChI=1S/C19H11ClF3N5O/c20-12-3-1-2-11(8-12)15-10-25-17-5-4-14(27-28(15)17)18(29)26-13-6-7-24-16(9-13)19(21,22)23/h1-10H,(H,24,26,29). The number of fused-ring (bicyclic) bond motifs is 1. The minimum Gasteiger partial charge on any atom is -0.320 e. The first-order chi connectivity index (χ1) is 13.8. The van der Waals surface area contributed by atoms with Gasteiger partial charge in [-0.15, -0.1) is 0 Å². The van der Waals surface area contributed by atoms with Crippen molar-refractivity contribution in [3.05, 3.63) is 77.3 Å². The van der Waals surface area contributed by atoms with Crippen molar-refractivity contribution >= 4 is 28.8 Å². The first-order valence-electron chi connectivity index (χ1n) is 8.26. The maximum absolute atomic E-state index is 12.8. The van der Waals surface area contributed by atoms with Gasteiger partial charge in [-0.05, 0) is 36.4 Å². The summed E-state index contributed by atoms with van der Waals surface area (Å²) in [4.78, 5) is 20.0. The van der Waals surface area contributed by atoms with Gasteiger partial charge < -0.3 is 5.32 Å². The highest BCUT2D eigenvalue weighted by atomic mass is 35.5. The van der Waals surface area contributed by atoms with Crippen LogP contribution in [0.5, 0.6) is 0 Å². The quantitative estimate of drug-likeness (QED) is 0.523. The Morgan fingerprint density at radius 2 is 1.90 bits per heavy atom. The Hall–Kier alpha value is -3.46. The van der Waals surface area contributed by atoms with Crippen molar-refractivity contribution in [3.63, 3.8) is 0 Å². The molecule has 1 N–H and O–H groups in total. The summed E-state index contributed by atoms with van der Waals surface area (Å²) in [6.07, 6.45) is -2.04. The maximum atomic E-state index is 12.8. The van der Waals surface area contributed by atoms with Crippen LogP contribution in [0.25, 0.3) is 16.9 Å². The van der Waals surface area contributed by atoms with E-state index in [0.29, 0.717) is 16.4 Å². The first-order valence-corrected chi connectivity index (χ1v) is 8.64. The number of amides is 1. The first kappa shape index (κ1) is 18.9. The second-order valence-electron chi connectivity index (χ2n) is 6.02. The van der Waals surface area contributed by atoms with Crippen LogP contribution in [-0.4, -0.2) is 25.5 Å². The second kappa shape index (κ2) is 7.17. The fourth-order valence-corrected chi connectivity index (χ4v) is 2.89. The van der Waals surface area contributed by atoms with Gasteiger partial charge in [0.2, 0.25) is 0 Å². The lowest BCUT2D eigenvalue weighted by atomic mass is 10.2. The number of pyridine rings is 1. The van der Waals surface area contributed by atoms with Crippen molar-refractivity contribution in [1.82, 2.24) is 19.6 Å². The molecular formula is C19H11ClF3N5O. The molecular weight excluding hydrogens is 407 g/mol. The number of carbonyl (C=O) groups is 1. The molecule has 146 valence electrons. The lowest BCUT2D eigenvalue weighted by Crippen LogP contribution is -2.16. The highest BCUT2D eigenvalue weighted by Crippen LogP contribution is 2.29. The van der Waals surface area contributed by atoms with E-state index in [4.69, 9.17) is 11.6 Å². The zero-order chi connectivity index (χ0) is 20.6. The lowest BCUT2D eigenvalue weighted by molar-refractivity contribution is -0.141. The highest BCUT2D eigenvalue weighted by Gasteiger charge is 2.32. The van der Waals surface area contributed by atoms with E-state index >= 15 is 0 Å². The number of anilines is 1. The Morgan fingerprint density at radius 1 is 1.07 bits per heavy atom. The third kappa shape index (κ3) is 3.90. The third-order valence-corrected chi connectivity index (χ3v) is 4.26. The number of halogens is 4. The highest BCUT2D eigenvalue weighted by molar-refractivity contribution is 6.30. The number of carbonyl (C=O) groups excluding carboxylic acids is 1. The third-order valence-electron chi connectivity index (χ3n) is 4.02. The predicted molar refractivity (Wildman–Crippen MR) is 101 cm³/mol. The molecule has 0 saturated carbocycles. The largest absolute Gasteiger partial charge is 0.433 e. The molecule has 10 heteroatoms. The fraction of sp³-hybridized carbons (Fsp3) is 0.0526. The molecule has 0 atom stereocenters. The number of rotatable bonds is 3. The molecule has 0 radical (unpaired) electrons. The van der Waals surface area contributed by atoms with Gasteiger partial charge in [0.15, 0.2) is 5.65 Å².